The van der Waals surface area contributed by atoms with Gasteiger partial charge in [-0.1, -0.05) is 13.0 Å². The second kappa shape index (κ2) is 7.23. The molecule has 1 atom stereocenters. The molecule has 1 aliphatic heterocycles. The van der Waals surface area contributed by atoms with Crippen molar-refractivity contribution in [3.05, 3.63) is 46.4 Å². The Hall–Kier alpha value is -1.77. The number of hydrogen-bond acceptors (Lipinski definition) is 4. The highest BCUT2D eigenvalue weighted by molar-refractivity contribution is 7.89. The standard InChI is InChI=1S/C17H19FN2O3S2/c1-12-4-3-7-20(10-12)25(22,23)15-9-16(24-11-15)17(21)19-14-6-2-5-13(18)8-14/h2,5-6,8-9,11-12H,3-4,7,10H2,1H3,(H,19,21)/t12-/m0/s1. The van der Waals surface area contributed by atoms with Gasteiger partial charge in [-0.15, -0.1) is 11.3 Å². The van der Waals surface area contributed by atoms with Crippen LogP contribution in [0.4, 0.5) is 10.1 Å². The van der Waals surface area contributed by atoms with Crippen LogP contribution in [0.25, 0.3) is 0 Å². The average molecular weight is 382 g/mol. The van der Waals surface area contributed by atoms with E-state index in [0.717, 1.165) is 24.2 Å². The van der Waals surface area contributed by atoms with Crippen LogP contribution in [0.1, 0.15) is 29.4 Å². The van der Waals surface area contributed by atoms with Gasteiger partial charge < -0.3 is 5.32 Å². The summed E-state index contributed by atoms with van der Waals surface area (Å²) in [5, 5.41) is 4.05. The van der Waals surface area contributed by atoms with Crippen LogP contribution in [0.3, 0.4) is 0 Å². The molecule has 2 heterocycles. The lowest BCUT2D eigenvalue weighted by Crippen LogP contribution is -2.38. The van der Waals surface area contributed by atoms with Gasteiger partial charge in [-0.05, 0) is 43.0 Å². The van der Waals surface area contributed by atoms with Crippen molar-refractivity contribution < 1.29 is 17.6 Å². The van der Waals surface area contributed by atoms with Gasteiger partial charge in [0.25, 0.3) is 5.91 Å². The zero-order valence-corrected chi connectivity index (χ0v) is 15.4. The van der Waals surface area contributed by atoms with E-state index in [4.69, 9.17) is 0 Å². The van der Waals surface area contributed by atoms with Crippen molar-refractivity contribution in [2.45, 2.75) is 24.7 Å². The molecular formula is C17H19FN2O3S2. The van der Waals surface area contributed by atoms with E-state index in [2.05, 4.69) is 5.32 Å². The number of hydrogen-bond donors (Lipinski definition) is 1. The van der Waals surface area contributed by atoms with Gasteiger partial charge in [-0.25, -0.2) is 12.8 Å². The minimum absolute atomic E-state index is 0.135. The summed E-state index contributed by atoms with van der Waals surface area (Å²) >= 11 is 1.06. The Labute approximate surface area is 150 Å². The smallest absolute Gasteiger partial charge is 0.265 e. The van der Waals surface area contributed by atoms with Crippen LogP contribution in [0, 0.1) is 11.7 Å². The Morgan fingerprint density at radius 3 is 2.88 bits per heavy atom. The molecule has 1 aromatic carbocycles. The van der Waals surface area contributed by atoms with E-state index in [0.29, 0.717) is 24.7 Å². The molecule has 1 N–H and O–H groups in total. The molecule has 1 aliphatic rings. The molecule has 0 aliphatic carbocycles. The number of nitrogens with one attached hydrogen (secondary N) is 1. The molecule has 2 aromatic rings. The number of piperidine rings is 1. The van der Waals surface area contributed by atoms with Gasteiger partial charge in [0, 0.05) is 24.2 Å². The second-order valence-corrected chi connectivity index (χ2v) is 9.07. The molecule has 3 rings (SSSR count). The Balaban J connectivity index is 1.76. The van der Waals surface area contributed by atoms with Gasteiger partial charge in [0.15, 0.2) is 0 Å². The fraction of sp³-hybridized carbons (Fsp3) is 0.353. The van der Waals surface area contributed by atoms with Crippen molar-refractivity contribution in [2.24, 2.45) is 5.92 Å². The topological polar surface area (TPSA) is 66.5 Å². The number of benzene rings is 1. The van der Waals surface area contributed by atoms with E-state index in [1.165, 1.54) is 34.0 Å². The van der Waals surface area contributed by atoms with Gasteiger partial charge in [-0.3, -0.25) is 4.79 Å². The fourth-order valence-corrected chi connectivity index (χ4v) is 5.60. The highest BCUT2D eigenvalue weighted by Gasteiger charge is 2.30. The number of nitrogens with zero attached hydrogens (tertiary/aromatic N) is 1. The van der Waals surface area contributed by atoms with Gasteiger partial charge in [-0.2, -0.15) is 4.31 Å². The molecule has 0 bridgehead atoms. The molecule has 5 nitrogen and oxygen atoms in total. The molecule has 8 heteroatoms. The van der Waals surface area contributed by atoms with Crippen LogP contribution >= 0.6 is 11.3 Å². The molecule has 0 saturated carbocycles. The summed E-state index contributed by atoms with van der Waals surface area (Å²) in [4.78, 5) is 12.7. The minimum atomic E-state index is -3.58. The molecule has 0 radical (unpaired) electrons. The lowest BCUT2D eigenvalue weighted by Gasteiger charge is -2.29. The highest BCUT2D eigenvalue weighted by Crippen LogP contribution is 2.27. The lowest BCUT2D eigenvalue weighted by molar-refractivity contribution is 0.103. The molecule has 1 aromatic heterocycles. The number of rotatable bonds is 4. The SMILES string of the molecule is C[C@H]1CCCN(S(=O)(=O)c2csc(C(=O)Nc3cccc(F)c3)c2)C1. The van der Waals surface area contributed by atoms with Crippen LogP contribution in [0.5, 0.6) is 0 Å². The molecular weight excluding hydrogens is 363 g/mol. The molecule has 1 fully saturated rings. The maximum atomic E-state index is 13.2. The van der Waals surface area contributed by atoms with Crippen molar-refractivity contribution in [1.82, 2.24) is 4.31 Å². The monoisotopic (exact) mass is 382 g/mol. The number of halogens is 1. The quantitative estimate of drug-likeness (QED) is 0.879. The first-order valence-corrected chi connectivity index (χ1v) is 10.3. The average Bonchev–Trinajstić information content (AvgIpc) is 3.06. The van der Waals surface area contributed by atoms with E-state index < -0.39 is 21.7 Å². The number of anilines is 1. The Morgan fingerprint density at radius 2 is 2.16 bits per heavy atom. The predicted octanol–water partition coefficient (Wildman–Crippen LogP) is 3.56. The third-order valence-electron chi connectivity index (χ3n) is 4.14. The second-order valence-electron chi connectivity index (χ2n) is 6.22. The van der Waals surface area contributed by atoms with Crippen LogP contribution in [-0.4, -0.2) is 31.7 Å². The predicted molar refractivity (Wildman–Crippen MR) is 95.8 cm³/mol. The largest absolute Gasteiger partial charge is 0.321 e. The van der Waals surface area contributed by atoms with E-state index in [9.17, 15) is 17.6 Å². The number of carbonyl (C=O) groups excluding carboxylic acids is 1. The lowest BCUT2D eigenvalue weighted by atomic mass is 10.0. The summed E-state index contributed by atoms with van der Waals surface area (Å²) < 4.78 is 40.1. The summed E-state index contributed by atoms with van der Waals surface area (Å²) in [6.45, 7) is 3.05. The third kappa shape index (κ3) is 4.08. The first kappa shape index (κ1) is 18.0. The molecule has 0 unspecified atom stereocenters. The van der Waals surface area contributed by atoms with Crippen molar-refractivity contribution >= 4 is 33.0 Å². The van der Waals surface area contributed by atoms with Gasteiger partial charge in [0.2, 0.25) is 10.0 Å². The van der Waals surface area contributed by atoms with Crippen LogP contribution in [0.2, 0.25) is 0 Å². The Kier molecular flexibility index (Phi) is 5.21. The maximum Gasteiger partial charge on any atom is 0.265 e. The summed E-state index contributed by atoms with van der Waals surface area (Å²) in [5.74, 6) is -0.576. The normalized spacial score (nSPS) is 18.9. The van der Waals surface area contributed by atoms with Crippen molar-refractivity contribution in [1.29, 1.82) is 0 Å². The maximum absolute atomic E-state index is 13.2. The summed E-state index contributed by atoms with van der Waals surface area (Å²) in [5.41, 5.74) is 0.327. The van der Waals surface area contributed by atoms with Crippen molar-refractivity contribution in [3.8, 4) is 0 Å². The molecule has 25 heavy (non-hydrogen) atoms. The Morgan fingerprint density at radius 1 is 1.36 bits per heavy atom. The van der Waals surface area contributed by atoms with E-state index in [1.54, 1.807) is 6.07 Å². The van der Waals surface area contributed by atoms with E-state index >= 15 is 0 Å². The molecule has 0 spiro atoms. The first-order chi connectivity index (χ1) is 11.9. The molecule has 1 amide bonds. The minimum Gasteiger partial charge on any atom is -0.321 e. The fourth-order valence-electron chi connectivity index (χ4n) is 2.85. The van der Waals surface area contributed by atoms with Crippen molar-refractivity contribution in [3.63, 3.8) is 0 Å². The zero-order chi connectivity index (χ0) is 18.0. The first-order valence-electron chi connectivity index (χ1n) is 8.02. The summed E-state index contributed by atoms with van der Waals surface area (Å²) in [6, 6.07) is 6.94. The van der Waals surface area contributed by atoms with Crippen LogP contribution in [0.15, 0.2) is 40.6 Å². The summed E-state index contributed by atoms with van der Waals surface area (Å²) in [7, 11) is -3.58. The van der Waals surface area contributed by atoms with Crippen molar-refractivity contribution in [2.75, 3.05) is 18.4 Å². The zero-order valence-electron chi connectivity index (χ0n) is 13.7. The van der Waals surface area contributed by atoms with Gasteiger partial charge in [0.1, 0.15) is 5.82 Å². The number of thiophene rings is 1. The van der Waals surface area contributed by atoms with E-state index in [-0.39, 0.29) is 9.77 Å². The summed E-state index contributed by atoms with van der Waals surface area (Å²) in [6.07, 6.45) is 1.87. The van der Waals surface area contributed by atoms with Gasteiger partial charge in [0.05, 0.1) is 9.77 Å². The Bertz CT molecular complexity index is 880. The number of amides is 1. The number of carbonyl (C=O) groups is 1. The number of sulfonamides is 1. The van der Waals surface area contributed by atoms with E-state index in [1.807, 2.05) is 6.92 Å². The highest BCUT2D eigenvalue weighted by atomic mass is 32.2. The third-order valence-corrected chi connectivity index (χ3v) is 7.06. The van der Waals surface area contributed by atoms with Crippen LogP contribution in [-0.2, 0) is 10.0 Å². The van der Waals surface area contributed by atoms with Crippen LogP contribution < -0.4 is 5.32 Å². The molecule has 134 valence electrons. The van der Waals surface area contributed by atoms with Gasteiger partial charge >= 0.3 is 0 Å². The molecule has 1 saturated heterocycles.